The van der Waals surface area contributed by atoms with Crippen LogP contribution in [-0.2, 0) is 19.4 Å². The predicted octanol–water partition coefficient (Wildman–Crippen LogP) is 4.14. The summed E-state index contributed by atoms with van der Waals surface area (Å²) in [5, 5.41) is 13.9. The average Bonchev–Trinajstić information content (AvgIpc) is 2.98. The highest BCUT2D eigenvalue weighted by Gasteiger charge is 2.23. The molecule has 0 unspecified atom stereocenters. The maximum atomic E-state index is 13.0. The summed E-state index contributed by atoms with van der Waals surface area (Å²) in [4.78, 5) is 25.1. The van der Waals surface area contributed by atoms with Gasteiger partial charge in [0.15, 0.2) is 9.84 Å². The van der Waals surface area contributed by atoms with Gasteiger partial charge < -0.3 is 10.1 Å². The summed E-state index contributed by atoms with van der Waals surface area (Å²) in [7, 11) is -3.63. The first-order valence-electron chi connectivity index (χ1n) is 8.84. The number of rotatable bonds is 9. The fourth-order valence-corrected chi connectivity index (χ4v) is 5.64. The van der Waals surface area contributed by atoms with E-state index >= 15 is 0 Å². The normalized spacial score (nSPS) is 11.0. The highest BCUT2D eigenvalue weighted by molar-refractivity contribution is 8.04. The summed E-state index contributed by atoms with van der Waals surface area (Å²) in [5.41, 5.74) is 0.541. The van der Waals surface area contributed by atoms with Crippen molar-refractivity contribution in [2.75, 3.05) is 17.7 Å². The third-order valence-electron chi connectivity index (χ3n) is 3.94. The van der Waals surface area contributed by atoms with Crippen molar-refractivity contribution >= 4 is 49.8 Å². The number of thiocyanates is 1. The van der Waals surface area contributed by atoms with E-state index in [4.69, 9.17) is 10.00 Å². The summed E-state index contributed by atoms with van der Waals surface area (Å²) in [6.45, 7) is 3.53. The number of anilines is 1. The van der Waals surface area contributed by atoms with Crippen molar-refractivity contribution in [3.05, 3.63) is 40.5 Å². The fourth-order valence-electron chi connectivity index (χ4n) is 2.51. The Morgan fingerprint density at radius 2 is 1.97 bits per heavy atom. The number of sulfone groups is 1. The molecule has 30 heavy (non-hydrogen) atoms. The number of carbonyl (C=O) groups excluding carboxylic acids is 2. The fraction of sp³-hybridized carbons (Fsp3) is 0.316. The molecule has 0 saturated heterocycles. The Bertz CT molecular complexity index is 1070. The van der Waals surface area contributed by atoms with E-state index in [2.05, 4.69) is 5.32 Å². The number of nitrogens with one attached hydrogen (secondary N) is 1. The van der Waals surface area contributed by atoms with Gasteiger partial charge in [-0.15, -0.1) is 11.3 Å². The van der Waals surface area contributed by atoms with Crippen molar-refractivity contribution in [2.45, 2.75) is 36.5 Å². The third kappa shape index (κ3) is 6.04. The number of halogens is 1. The lowest BCUT2D eigenvalue weighted by Crippen LogP contribution is -2.14. The molecule has 0 aliphatic heterocycles. The molecule has 0 atom stereocenters. The Morgan fingerprint density at radius 1 is 1.30 bits per heavy atom. The van der Waals surface area contributed by atoms with Crippen molar-refractivity contribution in [3.63, 3.8) is 0 Å². The van der Waals surface area contributed by atoms with E-state index < -0.39 is 27.5 Å². The lowest BCUT2D eigenvalue weighted by Gasteiger charge is -2.06. The molecule has 1 aromatic carbocycles. The first kappa shape index (κ1) is 23.9. The van der Waals surface area contributed by atoms with E-state index in [0.717, 1.165) is 35.2 Å². The van der Waals surface area contributed by atoms with Gasteiger partial charge in [0.25, 0.3) is 0 Å². The molecular weight excluding hydrogens is 451 g/mol. The van der Waals surface area contributed by atoms with Gasteiger partial charge in [-0.3, -0.25) is 4.79 Å². The Morgan fingerprint density at radius 3 is 2.57 bits per heavy atom. The summed E-state index contributed by atoms with van der Waals surface area (Å²) >= 11 is 1.83. The van der Waals surface area contributed by atoms with E-state index in [-0.39, 0.29) is 30.1 Å². The minimum absolute atomic E-state index is 0.00928. The molecule has 2 aromatic rings. The number of esters is 1. The molecule has 11 heteroatoms. The molecule has 0 aliphatic rings. The number of amides is 1. The molecule has 0 saturated carbocycles. The Kier molecular flexibility index (Phi) is 8.40. The van der Waals surface area contributed by atoms with Crippen LogP contribution < -0.4 is 5.32 Å². The Balaban J connectivity index is 2.04. The van der Waals surface area contributed by atoms with Crippen molar-refractivity contribution in [2.24, 2.45) is 0 Å². The zero-order chi connectivity index (χ0) is 22.3. The number of nitriles is 1. The van der Waals surface area contributed by atoms with Crippen LogP contribution in [0.2, 0.25) is 0 Å². The number of thiophene rings is 1. The van der Waals surface area contributed by atoms with Crippen LogP contribution >= 0.6 is 23.1 Å². The van der Waals surface area contributed by atoms with Gasteiger partial charge in [0.05, 0.1) is 22.2 Å². The van der Waals surface area contributed by atoms with Gasteiger partial charge in [-0.2, -0.15) is 5.26 Å². The highest BCUT2D eigenvalue weighted by atomic mass is 32.2. The van der Waals surface area contributed by atoms with Gasteiger partial charge in [0.2, 0.25) is 5.91 Å². The first-order chi connectivity index (χ1) is 14.2. The molecule has 160 valence electrons. The number of carbonyl (C=O) groups is 2. The van der Waals surface area contributed by atoms with Gasteiger partial charge in [0.1, 0.15) is 21.1 Å². The number of thioether (sulfide) groups is 1. The van der Waals surface area contributed by atoms with Crippen molar-refractivity contribution in [1.82, 2.24) is 0 Å². The zero-order valence-electron chi connectivity index (χ0n) is 16.2. The van der Waals surface area contributed by atoms with Gasteiger partial charge in [0, 0.05) is 6.42 Å². The molecule has 0 fully saturated rings. The molecule has 1 heterocycles. The lowest BCUT2D eigenvalue weighted by molar-refractivity contribution is -0.116. The average molecular weight is 471 g/mol. The maximum absolute atomic E-state index is 13.0. The SMILES string of the molecule is CCOC(=O)c1sc(NC(=O)CCCS(=O)(=O)c2ccc(F)cc2)c(SC#N)c1C. The van der Waals surface area contributed by atoms with Crippen LogP contribution in [0.5, 0.6) is 0 Å². The van der Waals surface area contributed by atoms with Gasteiger partial charge >= 0.3 is 5.97 Å². The molecule has 1 N–H and O–H groups in total. The predicted molar refractivity (Wildman–Crippen MR) is 113 cm³/mol. The number of ether oxygens (including phenoxy) is 1. The summed E-state index contributed by atoms with van der Waals surface area (Å²) < 4.78 is 42.5. The minimum Gasteiger partial charge on any atom is -0.462 e. The van der Waals surface area contributed by atoms with Crippen LogP contribution in [0.25, 0.3) is 0 Å². The van der Waals surface area contributed by atoms with E-state index in [0.29, 0.717) is 20.3 Å². The highest BCUT2D eigenvalue weighted by Crippen LogP contribution is 2.40. The lowest BCUT2D eigenvalue weighted by atomic mass is 10.3. The third-order valence-corrected chi connectivity index (χ3v) is 7.88. The molecule has 0 aliphatic carbocycles. The monoisotopic (exact) mass is 470 g/mol. The van der Waals surface area contributed by atoms with Gasteiger partial charge in [-0.05, 0) is 61.9 Å². The number of hydrogen-bond donors (Lipinski definition) is 1. The van der Waals surface area contributed by atoms with Crippen molar-refractivity contribution in [1.29, 1.82) is 5.26 Å². The second-order valence-electron chi connectivity index (χ2n) is 6.05. The number of hydrogen-bond acceptors (Lipinski definition) is 8. The van der Waals surface area contributed by atoms with Crippen LogP contribution in [-0.4, -0.2) is 32.7 Å². The number of nitrogens with zero attached hydrogens (tertiary/aromatic N) is 1. The number of benzene rings is 1. The molecule has 0 spiro atoms. The largest absolute Gasteiger partial charge is 0.462 e. The molecule has 0 radical (unpaired) electrons. The van der Waals surface area contributed by atoms with Crippen LogP contribution in [0.1, 0.15) is 35.0 Å². The Labute approximate surface area is 182 Å². The maximum Gasteiger partial charge on any atom is 0.348 e. The smallest absolute Gasteiger partial charge is 0.348 e. The standard InChI is InChI=1S/C19H19FN2O5S3/c1-3-27-19(24)17-12(2)16(28-11-21)18(29-17)22-15(23)5-4-10-30(25,26)14-8-6-13(20)7-9-14/h6-9H,3-5,10H2,1-2H3,(H,22,23). The van der Waals surface area contributed by atoms with E-state index in [1.54, 1.807) is 13.8 Å². The van der Waals surface area contributed by atoms with Gasteiger partial charge in [-0.1, -0.05) is 0 Å². The Hall–Kier alpha value is -2.42. The van der Waals surface area contributed by atoms with Crippen molar-refractivity contribution < 1.29 is 27.1 Å². The molecule has 1 aromatic heterocycles. The van der Waals surface area contributed by atoms with E-state index in [1.807, 2.05) is 5.40 Å². The van der Waals surface area contributed by atoms with Crippen LogP contribution in [0, 0.1) is 23.4 Å². The second kappa shape index (κ2) is 10.6. The first-order valence-corrected chi connectivity index (χ1v) is 12.1. The van der Waals surface area contributed by atoms with Gasteiger partial charge in [-0.25, -0.2) is 17.6 Å². The minimum atomic E-state index is -3.63. The molecule has 7 nitrogen and oxygen atoms in total. The summed E-state index contributed by atoms with van der Waals surface area (Å²) in [5.74, 6) is -1.79. The van der Waals surface area contributed by atoms with Crippen molar-refractivity contribution in [3.8, 4) is 5.40 Å². The molecule has 2 rings (SSSR count). The summed E-state index contributed by atoms with van der Waals surface area (Å²) in [6.07, 6.45) is -0.0237. The zero-order valence-corrected chi connectivity index (χ0v) is 18.7. The van der Waals surface area contributed by atoms with E-state index in [1.165, 1.54) is 12.1 Å². The molecule has 1 amide bonds. The van der Waals surface area contributed by atoms with Crippen LogP contribution in [0.15, 0.2) is 34.1 Å². The van der Waals surface area contributed by atoms with Crippen LogP contribution in [0.3, 0.4) is 0 Å². The quantitative estimate of drug-likeness (QED) is 0.254. The second-order valence-corrected chi connectivity index (χ2v) is 9.98. The summed E-state index contributed by atoms with van der Waals surface area (Å²) in [6, 6.07) is 4.49. The molecule has 0 bridgehead atoms. The molecular formula is C19H19FN2O5S3. The van der Waals surface area contributed by atoms with E-state index in [9.17, 15) is 22.4 Å². The topological polar surface area (TPSA) is 113 Å². The van der Waals surface area contributed by atoms with Crippen LogP contribution in [0.4, 0.5) is 9.39 Å².